The highest BCUT2D eigenvalue weighted by molar-refractivity contribution is 7.89. The number of aryl methyl sites for hydroxylation is 1. The first-order valence-corrected chi connectivity index (χ1v) is 9.68. The molecule has 25 heavy (non-hydrogen) atoms. The van der Waals surface area contributed by atoms with Crippen molar-refractivity contribution in [1.29, 1.82) is 0 Å². The van der Waals surface area contributed by atoms with E-state index in [0.717, 1.165) is 17.7 Å². The number of ether oxygens (including phenoxy) is 2. The van der Waals surface area contributed by atoms with E-state index in [2.05, 4.69) is 0 Å². The molecule has 0 radical (unpaired) electrons. The molecular weight excluding hydrogens is 338 g/mol. The number of nitrogens with zero attached hydrogens (tertiary/aromatic N) is 1. The Morgan fingerprint density at radius 1 is 1.00 bits per heavy atom. The van der Waals surface area contributed by atoms with Gasteiger partial charge in [0, 0.05) is 13.1 Å². The van der Waals surface area contributed by atoms with Crippen molar-refractivity contribution in [3.63, 3.8) is 0 Å². The predicted octanol–water partition coefficient (Wildman–Crippen LogP) is 3.19. The molecule has 0 amide bonds. The number of sulfonamides is 1. The van der Waals surface area contributed by atoms with Gasteiger partial charge in [-0.25, -0.2) is 8.42 Å². The topological polar surface area (TPSA) is 55.8 Å². The van der Waals surface area contributed by atoms with E-state index in [-0.39, 0.29) is 5.92 Å². The zero-order valence-corrected chi connectivity index (χ0v) is 15.5. The van der Waals surface area contributed by atoms with Gasteiger partial charge >= 0.3 is 0 Å². The van der Waals surface area contributed by atoms with Crippen molar-refractivity contribution < 1.29 is 17.9 Å². The molecular formula is C19H23NO4S. The highest BCUT2D eigenvalue weighted by Crippen LogP contribution is 2.33. The Balaban J connectivity index is 1.80. The van der Waals surface area contributed by atoms with Crippen LogP contribution in [0.5, 0.6) is 11.5 Å². The molecule has 0 bridgehead atoms. The monoisotopic (exact) mass is 361 g/mol. The van der Waals surface area contributed by atoms with Gasteiger partial charge in [-0.15, -0.1) is 0 Å². The highest BCUT2D eigenvalue weighted by Gasteiger charge is 2.34. The molecule has 5 nitrogen and oxygen atoms in total. The lowest BCUT2D eigenvalue weighted by atomic mass is 9.99. The summed E-state index contributed by atoms with van der Waals surface area (Å²) in [6.07, 6.45) is 0.820. The Kier molecular flexibility index (Phi) is 5.01. The number of rotatable bonds is 5. The molecule has 3 rings (SSSR count). The van der Waals surface area contributed by atoms with Gasteiger partial charge in [0.25, 0.3) is 0 Å². The summed E-state index contributed by atoms with van der Waals surface area (Å²) in [6.45, 7) is 2.83. The van der Waals surface area contributed by atoms with E-state index in [9.17, 15) is 8.42 Å². The fourth-order valence-electron chi connectivity index (χ4n) is 3.27. The van der Waals surface area contributed by atoms with Crippen LogP contribution in [-0.4, -0.2) is 40.0 Å². The fraction of sp³-hybridized carbons (Fsp3) is 0.368. The molecule has 1 fully saturated rings. The standard InChI is InChI=1S/C19H23NO4S/c1-14-12-18(24-3)8-9-19(14)25(21,22)20-11-10-16(13-20)15-4-6-17(23-2)7-5-15/h4-9,12,16H,10-11,13H2,1-3H3. The van der Waals surface area contributed by atoms with Crippen LogP contribution in [0, 0.1) is 6.92 Å². The number of methoxy groups -OCH3 is 2. The molecule has 2 aromatic rings. The van der Waals surface area contributed by atoms with E-state index in [1.165, 1.54) is 0 Å². The lowest BCUT2D eigenvalue weighted by molar-refractivity contribution is 0.413. The van der Waals surface area contributed by atoms with Gasteiger partial charge in [-0.05, 0) is 60.7 Å². The van der Waals surface area contributed by atoms with Gasteiger partial charge in [-0.2, -0.15) is 4.31 Å². The number of benzene rings is 2. The van der Waals surface area contributed by atoms with Gasteiger partial charge in [0.2, 0.25) is 10.0 Å². The van der Waals surface area contributed by atoms with E-state index in [1.54, 1.807) is 43.6 Å². The van der Waals surface area contributed by atoms with E-state index in [4.69, 9.17) is 9.47 Å². The first-order valence-electron chi connectivity index (χ1n) is 8.24. The van der Waals surface area contributed by atoms with Crippen LogP contribution in [0.25, 0.3) is 0 Å². The van der Waals surface area contributed by atoms with Gasteiger partial charge in [-0.1, -0.05) is 12.1 Å². The first-order chi connectivity index (χ1) is 12.0. The summed E-state index contributed by atoms with van der Waals surface area (Å²) < 4.78 is 37.9. The molecule has 2 aromatic carbocycles. The van der Waals surface area contributed by atoms with E-state index >= 15 is 0 Å². The summed E-state index contributed by atoms with van der Waals surface area (Å²) in [5.41, 5.74) is 1.84. The minimum absolute atomic E-state index is 0.208. The Morgan fingerprint density at radius 2 is 1.64 bits per heavy atom. The van der Waals surface area contributed by atoms with Crippen molar-refractivity contribution in [1.82, 2.24) is 4.31 Å². The summed E-state index contributed by atoms with van der Waals surface area (Å²) in [4.78, 5) is 0.351. The molecule has 6 heteroatoms. The summed E-state index contributed by atoms with van der Waals surface area (Å²) >= 11 is 0. The maximum Gasteiger partial charge on any atom is 0.243 e. The number of hydrogen-bond donors (Lipinski definition) is 0. The van der Waals surface area contributed by atoms with Gasteiger partial charge in [-0.3, -0.25) is 0 Å². The largest absolute Gasteiger partial charge is 0.497 e. The van der Waals surface area contributed by atoms with Gasteiger partial charge < -0.3 is 9.47 Å². The van der Waals surface area contributed by atoms with Crippen molar-refractivity contribution in [2.24, 2.45) is 0 Å². The summed E-state index contributed by atoms with van der Waals surface area (Å²) in [6, 6.07) is 12.9. The molecule has 1 aliphatic rings. The van der Waals surface area contributed by atoms with Crippen molar-refractivity contribution in [2.75, 3.05) is 27.3 Å². The van der Waals surface area contributed by atoms with Crippen molar-refractivity contribution in [3.05, 3.63) is 53.6 Å². The van der Waals surface area contributed by atoms with Crippen molar-refractivity contribution >= 4 is 10.0 Å². The van der Waals surface area contributed by atoms with Crippen LogP contribution in [-0.2, 0) is 10.0 Å². The molecule has 0 spiro atoms. The van der Waals surface area contributed by atoms with Crippen LogP contribution in [0.1, 0.15) is 23.5 Å². The smallest absolute Gasteiger partial charge is 0.243 e. The van der Waals surface area contributed by atoms with Crippen LogP contribution < -0.4 is 9.47 Å². The predicted molar refractivity (Wildman–Crippen MR) is 96.8 cm³/mol. The van der Waals surface area contributed by atoms with Crippen molar-refractivity contribution in [3.8, 4) is 11.5 Å². The van der Waals surface area contributed by atoms with Gasteiger partial charge in [0.1, 0.15) is 11.5 Å². The Hall–Kier alpha value is -2.05. The molecule has 0 N–H and O–H groups in total. The molecule has 1 saturated heterocycles. The third kappa shape index (κ3) is 3.50. The second-order valence-corrected chi connectivity index (χ2v) is 8.16. The van der Waals surface area contributed by atoms with Crippen LogP contribution in [0.2, 0.25) is 0 Å². The summed E-state index contributed by atoms with van der Waals surface area (Å²) in [7, 11) is -0.288. The third-order valence-corrected chi connectivity index (χ3v) is 6.76. The Bertz CT molecular complexity index is 846. The maximum atomic E-state index is 13.0. The molecule has 1 unspecified atom stereocenters. The quantitative estimate of drug-likeness (QED) is 0.821. The van der Waals surface area contributed by atoms with Crippen molar-refractivity contribution in [2.45, 2.75) is 24.2 Å². The second-order valence-electron chi connectivity index (χ2n) is 6.25. The fourth-order valence-corrected chi connectivity index (χ4v) is 4.98. The third-order valence-electron chi connectivity index (χ3n) is 4.74. The van der Waals surface area contributed by atoms with E-state index < -0.39 is 10.0 Å². The van der Waals surface area contributed by atoms with Crippen LogP contribution >= 0.6 is 0 Å². The summed E-state index contributed by atoms with van der Waals surface area (Å²) in [5.74, 6) is 1.67. The summed E-state index contributed by atoms with van der Waals surface area (Å²) in [5, 5.41) is 0. The van der Waals surface area contributed by atoms with E-state index in [0.29, 0.717) is 29.3 Å². The highest BCUT2D eigenvalue weighted by atomic mass is 32.2. The van der Waals surface area contributed by atoms with Crippen LogP contribution in [0.15, 0.2) is 47.4 Å². The van der Waals surface area contributed by atoms with Crippen LogP contribution in [0.3, 0.4) is 0 Å². The zero-order chi connectivity index (χ0) is 18.0. The number of hydrogen-bond acceptors (Lipinski definition) is 4. The normalized spacial score (nSPS) is 18.3. The molecule has 1 atom stereocenters. The Morgan fingerprint density at radius 3 is 2.24 bits per heavy atom. The molecule has 0 saturated carbocycles. The molecule has 0 aliphatic carbocycles. The average molecular weight is 361 g/mol. The SMILES string of the molecule is COc1ccc(C2CCN(S(=O)(=O)c3ccc(OC)cc3C)C2)cc1. The molecule has 1 heterocycles. The van der Waals surface area contributed by atoms with Crippen LogP contribution in [0.4, 0.5) is 0 Å². The lowest BCUT2D eigenvalue weighted by Crippen LogP contribution is -2.29. The minimum Gasteiger partial charge on any atom is -0.497 e. The molecule has 1 aliphatic heterocycles. The first kappa shape index (κ1) is 17.8. The Labute approximate surface area is 149 Å². The maximum absolute atomic E-state index is 13.0. The van der Waals surface area contributed by atoms with Gasteiger partial charge in [0.15, 0.2) is 0 Å². The molecule has 134 valence electrons. The van der Waals surface area contributed by atoms with Gasteiger partial charge in [0.05, 0.1) is 19.1 Å². The minimum atomic E-state index is -3.50. The molecule has 0 aromatic heterocycles. The zero-order valence-electron chi connectivity index (χ0n) is 14.7. The average Bonchev–Trinajstić information content (AvgIpc) is 3.12. The lowest BCUT2D eigenvalue weighted by Gasteiger charge is -2.18. The van der Waals surface area contributed by atoms with E-state index in [1.807, 2.05) is 24.3 Å². The second kappa shape index (κ2) is 7.06.